The molecule has 0 saturated heterocycles. The summed E-state index contributed by atoms with van der Waals surface area (Å²) in [6.07, 6.45) is -0.371. The summed E-state index contributed by atoms with van der Waals surface area (Å²) in [6, 6.07) is -2.53. The van der Waals surface area contributed by atoms with Crippen molar-refractivity contribution in [2.45, 2.75) is 64.7 Å². The number of carbonyl (C=O) groups excluding carboxylic acids is 3. The molecule has 3 amide bonds. The molecule has 0 aromatic rings. The van der Waals surface area contributed by atoms with Gasteiger partial charge in [0.2, 0.25) is 11.8 Å². The minimum absolute atomic E-state index is 0.0682. The van der Waals surface area contributed by atoms with Gasteiger partial charge < -0.3 is 31.5 Å². The van der Waals surface area contributed by atoms with Gasteiger partial charge in [0.05, 0.1) is 0 Å². The van der Waals surface area contributed by atoms with Crippen LogP contribution in [-0.4, -0.2) is 80.6 Å². The number of aliphatic carboxylic acids is 2. The van der Waals surface area contributed by atoms with Crippen LogP contribution in [0.25, 0.3) is 0 Å². The van der Waals surface area contributed by atoms with Crippen LogP contribution in [0, 0.1) is 0 Å². The molecular formula is C17H30N4O7S. The van der Waals surface area contributed by atoms with Crippen LogP contribution in [0.15, 0.2) is 0 Å². The summed E-state index contributed by atoms with van der Waals surface area (Å²) in [6.45, 7) is 6.76. The number of carboxylic acid groups (broad SMARTS) is 2. The molecule has 0 rings (SSSR count). The van der Waals surface area contributed by atoms with Gasteiger partial charge in [-0.2, -0.15) is 0 Å². The van der Waals surface area contributed by atoms with Crippen LogP contribution in [0.5, 0.6) is 0 Å². The summed E-state index contributed by atoms with van der Waals surface area (Å²) in [4.78, 5) is 59.7. The van der Waals surface area contributed by atoms with Crippen LogP contribution in [0.1, 0.15) is 40.5 Å². The largest absolute Gasteiger partial charge is 0.480 e. The van der Waals surface area contributed by atoms with Crippen molar-refractivity contribution in [1.29, 1.82) is 0 Å². The summed E-state index contributed by atoms with van der Waals surface area (Å²) in [5, 5.41) is 21.7. The second-order valence-electron chi connectivity index (χ2n) is 6.89. The molecule has 0 fully saturated rings. The highest BCUT2D eigenvalue weighted by Gasteiger charge is 2.26. The first-order chi connectivity index (χ1) is 13.4. The number of nitrogens with two attached hydrogens (primary N) is 1. The first-order valence-electron chi connectivity index (χ1n) is 9.09. The molecule has 0 aliphatic heterocycles. The van der Waals surface area contributed by atoms with Crippen molar-refractivity contribution in [2.24, 2.45) is 5.73 Å². The predicted molar refractivity (Wildman–Crippen MR) is 107 cm³/mol. The Bertz CT molecular complexity index is 605. The van der Waals surface area contributed by atoms with E-state index in [0.717, 1.165) is 11.8 Å². The highest BCUT2D eigenvalue weighted by molar-refractivity contribution is 8.13. The third-order valence-electron chi connectivity index (χ3n) is 3.76. The standard InChI is InChI=1S/C17H30N4O7S/c1-9(2)21(10(3)4)17(28)29-8-12(15(25)19-7-14(23)24)20-13(22)6-5-11(18)16(26)27/h9-12H,5-8,18H2,1-4H3,(H,19,25)(H,20,22)(H,23,24)(H,26,27). The minimum atomic E-state index is -1.26. The van der Waals surface area contributed by atoms with Crippen molar-refractivity contribution in [3.05, 3.63) is 0 Å². The normalized spacial score (nSPS) is 12.9. The predicted octanol–water partition coefficient (Wildman–Crippen LogP) is -0.164. The molecule has 29 heavy (non-hydrogen) atoms. The Balaban J connectivity index is 5.03. The fourth-order valence-corrected chi connectivity index (χ4v) is 3.51. The molecule has 0 saturated carbocycles. The molecule has 12 heteroatoms. The van der Waals surface area contributed by atoms with Crippen LogP contribution in [0.4, 0.5) is 4.79 Å². The van der Waals surface area contributed by atoms with Crippen molar-refractivity contribution >= 4 is 40.8 Å². The number of carbonyl (C=O) groups is 5. The van der Waals surface area contributed by atoms with Gasteiger partial charge in [-0.15, -0.1) is 0 Å². The second-order valence-corrected chi connectivity index (χ2v) is 7.86. The van der Waals surface area contributed by atoms with Gasteiger partial charge in [-0.05, 0) is 34.1 Å². The van der Waals surface area contributed by atoms with Gasteiger partial charge in [0.1, 0.15) is 18.6 Å². The molecule has 2 unspecified atom stereocenters. The van der Waals surface area contributed by atoms with Gasteiger partial charge in [0, 0.05) is 24.3 Å². The zero-order valence-electron chi connectivity index (χ0n) is 17.0. The van der Waals surface area contributed by atoms with Crippen molar-refractivity contribution in [2.75, 3.05) is 12.3 Å². The molecule has 0 aromatic carbocycles. The van der Waals surface area contributed by atoms with Crippen molar-refractivity contribution in [3.8, 4) is 0 Å². The van der Waals surface area contributed by atoms with E-state index in [1.54, 1.807) is 4.90 Å². The average molecular weight is 435 g/mol. The third-order valence-corrected chi connectivity index (χ3v) is 4.72. The van der Waals surface area contributed by atoms with E-state index >= 15 is 0 Å². The van der Waals surface area contributed by atoms with E-state index in [9.17, 15) is 24.0 Å². The van der Waals surface area contributed by atoms with Crippen LogP contribution < -0.4 is 16.4 Å². The highest BCUT2D eigenvalue weighted by atomic mass is 32.2. The Morgan fingerprint density at radius 3 is 2.03 bits per heavy atom. The first kappa shape index (κ1) is 26.7. The Kier molecular flexibility index (Phi) is 11.9. The van der Waals surface area contributed by atoms with Crippen LogP contribution in [0.2, 0.25) is 0 Å². The maximum Gasteiger partial charge on any atom is 0.322 e. The molecule has 166 valence electrons. The topological polar surface area (TPSA) is 179 Å². The van der Waals surface area contributed by atoms with Gasteiger partial charge in [-0.3, -0.25) is 24.0 Å². The highest BCUT2D eigenvalue weighted by Crippen LogP contribution is 2.16. The number of rotatable bonds is 12. The molecule has 0 spiro atoms. The van der Waals surface area contributed by atoms with Crippen LogP contribution >= 0.6 is 11.8 Å². The van der Waals surface area contributed by atoms with E-state index in [1.807, 2.05) is 27.7 Å². The third kappa shape index (κ3) is 10.7. The molecule has 0 aromatic heterocycles. The monoisotopic (exact) mass is 434 g/mol. The maximum absolute atomic E-state index is 12.5. The molecule has 0 heterocycles. The fourth-order valence-electron chi connectivity index (χ4n) is 2.39. The maximum atomic E-state index is 12.5. The number of hydrogen-bond acceptors (Lipinski definition) is 7. The first-order valence-corrected chi connectivity index (χ1v) is 10.1. The average Bonchev–Trinajstić information content (AvgIpc) is 2.60. The van der Waals surface area contributed by atoms with Gasteiger partial charge in [-0.1, -0.05) is 11.8 Å². The zero-order valence-corrected chi connectivity index (χ0v) is 17.8. The molecular weight excluding hydrogens is 404 g/mol. The lowest BCUT2D eigenvalue weighted by molar-refractivity contribution is -0.139. The lowest BCUT2D eigenvalue weighted by Gasteiger charge is -2.30. The van der Waals surface area contributed by atoms with Gasteiger partial charge in [0.15, 0.2) is 0 Å². The molecule has 0 radical (unpaired) electrons. The van der Waals surface area contributed by atoms with Crippen LogP contribution in [-0.2, 0) is 19.2 Å². The quantitative estimate of drug-likeness (QED) is 0.279. The number of thioether (sulfide) groups is 1. The minimum Gasteiger partial charge on any atom is -0.480 e. The van der Waals surface area contributed by atoms with E-state index in [1.165, 1.54) is 0 Å². The molecule has 11 nitrogen and oxygen atoms in total. The van der Waals surface area contributed by atoms with E-state index in [2.05, 4.69) is 10.6 Å². The SMILES string of the molecule is CC(C)N(C(=O)SCC(NC(=O)CCC(N)C(=O)O)C(=O)NCC(=O)O)C(C)C. The molecule has 0 aliphatic rings. The van der Waals surface area contributed by atoms with Crippen LogP contribution in [0.3, 0.4) is 0 Å². The number of nitrogens with one attached hydrogen (secondary N) is 2. The lowest BCUT2D eigenvalue weighted by atomic mass is 10.1. The van der Waals surface area contributed by atoms with E-state index in [-0.39, 0.29) is 35.9 Å². The number of amides is 3. The summed E-state index contributed by atoms with van der Waals surface area (Å²) in [5.41, 5.74) is 5.35. The van der Waals surface area contributed by atoms with E-state index in [4.69, 9.17) is 15.9 Å². The van der Waals surface area contributed by atoms with E-state index < -0.39 is 42.4 Å². The Morgan fingerprint density at radius 1 is 1.03 bits per heavy atom. The summed E-state index contributed by atoms with van der Waals surface area (Å²) in [5.74, 6) is -4.02. The number of nitrogens with zero attached hydrogens (tertiary/aromatic N) is 1. The summed E-state index contributed by atoms with van der Waals surface area (Å²) < 4.78 is 0. The second kappa shape index (κ2) is 13.0. The number of hydrogen-bond donors (Lipinski definition) is 5. The Morgan fingerprint density at radius 2 is 1.59 bits per heavy atom. The summed E-state index contributed by atoms with van der Waals surface area (Å²) in [7, 11) is 0. The molecule has 0 aliphatic carbocycles. The van der Waals surface area contributed by atoms with Gasteiger partial charge >= 0.3 is 11.9 Å². The van der Waals surface area contributed by atoms with E-state index in [0.29, 0.717) is 0 Å². The Hall–Kier alpha value is -2.34. The van der Waals surface area contributed by atoms with Gasteiger partial charge in [0.25, 0.3) is 5.24 Å². The zero-order chi connectivity index (χ0) is 22.7. The lowest BCUT2D eigenvalue weighted by Crippen LogP contribution is -2.50. The smallest absolute Gasteiger partial charge is 0.322 e. The molecule has 6 N–H and O–H groups in total. The summed E-state index contributed by atoms with van der Waals surface area (Å²) >= 11 is 0.828. The Labute approximate surface area is 173 Å². The van der Waals surface area contributed by atoms with Crippen molar-refractivity contribution < 1.29 is 34.2 Å². The van der Waals surface area contributed by atoms with Crippen molar-refractivity contribution in [3.63, 3.8) is 0 Å². The molecule has 2 atom stereocenters. The fraction of sp³-hybridized carbons (Fsp3) is 0.706. The van der Waals surface area contributed by atoms with Crippen molar-refractivity contribution in [1.82, 2.24) is 15.5 Å². The number of carboxylic acids is 2. The van der Waals surface area contributed by atoms with Gasteiger partial charge in [-0.25, -0.2) is 0 Å². The molecule has 0 bridgehead atoms.